The highest BCUT2D eigenvalue weighted by Gasteiger charge is 2.36. The van der Waals surface area contributed by atoms with E-state index >= 15 is 0 Å². The van der Waals surface area contributed by atoms with Crippen LogP contribution in [0, 0.1) is 21.4 Å². The Morgan fingerprint density at radius 3 is 2.71 bits per heavy atom. The largest absolute Gasteiger partial charge is 0.353 e. The fraction of sp³-hybridized carbons (Fsp3) is 0.450. The number of rotatable bonds is 2. The van der Waals surface area contributed by atoms with Crippen LogP contribution >= 0.6 is 22.9 Å². The molecule has 2 N–H and O–H groups in total. The van der Waals surface area contributed by atoms with Gasteiger partial charge in [-0.05, 0) is 42.2 Å². The number of halogens is 1. The lowest BCUT2D eigenvalue weighted by atomic mass is 9.72. The molecule has 1 aromatic heterocycles. The van der Waals surface area contributed by atoms with E-state index in [1.807, 2.05) is 0 Å². The van der Waals surface area contributed by atoms with E-state index in [0.29, 0.717) is 11.5 Å². The van der Waals surface area contributed by atoms with E-state index in [2.05, 4.69) is 31.4 Å². The maximum Gasteiger partial charge on any atom is 0.288 e. The molecule has 2 aromatic rings. The van der Waals surface area contributed by atoms with Gasteiger partial charge in [-0.1, -0.05) is 38.4 Å². The molecule has 0 bridgehead atoms. The quantitative estimate of drug-likeness (QED) is 0.510. The minimum atomic E-state index is -0.519. The standard InChI is InChI=1S/C20H22ClN3O3S/c1-20(2,3)11-5-6-12-15(9-11)28-19-16(12)18(25)22-17(23-19)10-4-7-13(21)14(8-10)24(26)27/h4,7-8,11,17,23H,5-6,9H2,1-3H3,(H,22,25)/t11-,17-/m1/s1. The minimum absolute atomic E-state index is 0.0800. The number of benzene rings is 1. The molecule has 0 saturated heterocycles. The third kappa shape index (κ3) is 3.26. The van der Waals surface area contributed by atoms with Gasteiger partial charge in [0.15, 0.2) is 0 Å². The molecular weight excluding hydrogens is 398 g/mol. The molecule has 6 nitrogen and oxygen atoms in total. The number of hydrogen-bond acceptors (Lipinski definition) is 5. The van der Waals surface area contributed by atoms with Gasteiger partial charge in [0.1, 0.15) is 16.2 Å². The molecule has 1 amide bonds. The third-order valence-electron chi connectivity index (χ3n) is 5.77. The van der Waals surface area contributed by atoms with E-state index in [1.54, 1.807) is 17.4 Å². The Balaban J connectivity index is 1.65. The SMILES string of the molecule is CC(C)(C)[C@@H]1CCc2c(sc3c2C(=O)N[C@@H](c2ccc(Cl)c([N+](=O)[O-])c2)N3)C1. The van der Waals surface area contributed by atoms with E-state index in [9.17, 15) is 14.9 Å². The van der Waals surface area contributed by atoms with Crippen LogP contribution in [0.1, 0.15) is 59.7 Å². The zero-order chi connectivity index (χ0) is 20.2. The Hall–Kier alpha value is -2.12. The van der Waals surface area contributed by atoms with Crippen LogP contribution in [0.3, 0.4) is 0 Å². The summed E-state index contributed by atoms with van der Waals surface area (Å²) in [5.41, 5.74) is 2.58. The van der Waals surface area contributed by atoms with Gasteiger partial charge in [0, 0.05) is 16.5 Å². The number of carbonyl (C=O) groups is 1. The van der Waals surface area contributed by atoms with Crippen molar-refractivity contribution in [2.24, 2.45) is 11.3 Å². The molecule has 4 rings (SSSR count). The molecule has 0 spiro atoms. The first kappa shape index (κ1) is 19.2. The van der Waals surface area contributed by atoms with Crippen molar-refractivity contribution >= 4 is 39.5 Å². The summed E-state index contributed by atoms with van der Waals surface area (Å²) in [6.45, 7) is 6.81. The normalized spacial score (nSPS) is 21.4. The molecule has 1 aliphatic carbocycles. The predicted octanol–water partition coefficient (Wildman–Crippen LogP) is 5.31. The van der Waals surface area contributed by atoms with Crippen LogP contribution in [0.15, 0.2) is 18.2 Å². The molecule has 8 heteroatoms. The van der Waals surface area contributed by atoms with Crippen LogP contribution < -0.4 is 10.6 Å². The molecule has 2 heterocycles. The highest BCUT2D eigenvalue weighted by molar-refractivity contribution is 7.16. The predicted molar refractivity (Wildman–Crippen MR) is 111 cm³/mol. The van der Waals surface area contributed by atoms with Crippen LogP contribution in [-0.2, 0) is 12.8 Å². The van der Waals surface area contributed by atoms with Gasteiger partial charge in [-0.2, -0.15) is 0 Å². The average Bonchev–Trinajstić information content (AvgIpc) is 2.99. The van der Waals surface area contributed by atoms with Crippen LogP contribution in [0.4, 0.5) is 10.7 Å². The molecule has 2 aliphatic rings. The van der Waals surface area contributed by atoms with Crippen LogP contribution in [0.5, 0.6) is 0 Å². The lowest BCUT2D eigenvalue weighted by molar-refractivity contribution is -0.384. The Morgan fingerprint density at radius 1 is 1.29 bits per heavy atom. The summed E-state index contributed by atoms with van der Waals surface area (Å²) in [5.74, 6) is 0.473. The number of fused-ring (bicyclic) bond motifs is 3. The number of nitrogens with zero attached hydrogens (tertiary/aromatic N) is 1. The highest BCUT2D eigenvalue weighted by atomic mass is 35.5. The molecular formula is C20H22ClN3O3S. The topological polar surface area (TPSA) is 84.3 Å². The van der Waals surface area contributed by atoms with Gasteiger partial charge in [-0.25, -0.2) is 0 Å². The van der Waals surface area contributed by atoms with Crippen LogP contribution in [-0.4, -0.2) is 10.8 Å². The van der Waals surface area contributed by atoms with E-state index in [1.165, 1.54) is 17.0 Å². The second-order valence-corrected chi connectivity index (χ2v) is 10.0. The first-order valence-electron chi connectivity index (χ1n) is 9.31. The molecule has 1 aliphatic heterocycles. The van der Waals surface area contributed by atoms with Crippen molar-refractivity contribution in [2.45, 2.75) is 46.2 Å². The number of hydrogen-bond donors (Lipinski definition) is 2. The summed E-state index contributed by atoms with van der Waals surface area (Å²) >= 11 is 7.55. The number of nitro groups is 1. The number of thiophene rings is 1. The maximum absolute atomic E-state index is 12.9. The van der Waals surface area contributed by atoms with E-state index < -0.39 is 11.1 Å². The Morgan fingerprint density at radius 2 is 2.04 bits per heavy atom. The number of nitro benzene ring substituents is 1. The van der Waals surface area contributed by atoms with Crippen molar-refractivity contribution in [1.29, 1.82) is 0 Å². The fourth-order valence-electron chi connectivity index (χ4n) is 4.05. The Kier molecular flexibility index (Phi) is 4.62. The number of amides is 1. The summed E-state index contributed by atoms with van der Waals surface area (Å²) < 4.78 is 0. The highest BCUT2D eigenvalue weighted by Crippen LogP contribution is 2.46. The van der Waals surface area contributed by atoms with E-state index in [0.717, 1.165) is 35.4 Å². The van der Waals surface area contributed by atoms with Crippen molar-refractivity contribution in [3.05, 3.63) is 54.9 Å². The summed E-state index contributed by atoms with van der Waals surface area (Å²) in [4.78, 5) is 24.8. The third-order valence-corrected chi connectivity index (χ3v) is 7.27. The van der Waals surface area contributed by atoms with Gasteiger partial charge >= 0.3 is 0 Å². The second kappa shape index (κ2) is 6.74. The van der Waals surface area contributed by atoms with Crippen molar-refractivity contribution in [3.63, 3.8) is 0 Å². The lowest BCUT2D eigenvalue weighted by Crippen LogP contribution is -2.38. The molecule has 2 atom stereocenters. The average molecular weight is 420 g/mol. The number of carbonyl (C=O) groups excluding carboxylic acids is 1. The molecule has 0 saturated carbocycles. The van der Waals surface area contributed by atoms with Gasteiger partial charge < -0.3 is 10.6 Å². The van der Waals surface area contributed by atoms with Crippen molar-refractivity contribution in [2.75, 3.05) is 5.32 Å². The Bertz CT molecular complexity index is 980. The molecule has 0 unspecified atom stereocenters. The molecule has 0 fully saturated rings. The van der Waals surface area contributed by atoms with Gasteiger partial charge in [0.2, 0.25) is 0 Å². The maximum atomic E-state index is 12.9. The summed E-state index contributed by atoms with van der Waals surface area (Å²) in [5, 5.41) is 18.4. The minimum Gasteiger partial charge on any atom is -0.353 e. The van der Waals surface area contributed by atoms with Gasteiger partial charge in [0.05, 0.1) is 10.5 Å². The van der Waals surface area contributed by atoms with E-state index in [-0.39, 0.29) is 22.0 Å². The van der Waals surface area contributed by atoms with Crippen molar-refractivity contribution < 1.29 is 9.72 Å². The summed E-state index contributed by atoms with van der Waals surface area (Å²) in [6, 6.07) is 4.60. The fourth-order valence-corrected chi connectivity index (χ4v) is 5.59. The molecule has 1 aromatic carbocycles. The number of anilines is 1. The van der Waals surface area contributed by atoms with E-state index in [4.69, 9.17) is 11.6 Å². The zero-order valence-electron chi connectivity index (χ0n) is 16.0. The monoisotopic (exact) mass is 419 g/mol. The smallest absolute Gasteiger partial charge is 0.288 e. The van der Waals surface area contributed by atoms with Gasteiger partial charge in [0.25, 0.3) is 11.6 Å². The van der Waals surface area contributed by atoms with Crippen molar-refractivity contribution in [1.82, 2.24) is 5.32 Å². The first-order chi connectivity index (χ1) is 13.1. The summed E-state index contributed by atoms with van der Waals surface area (Å²) in [7, 11) is 0. The zero-order valence-corrected chi connectivity index (χ0v) is 17.5. The van der Waals surface area contributed by atoms with Gasteiger partial charge in [-0.15, -0.1) is 11.3 Å². The molecule has 28 heavy (non-hydrogen) atoms. The summed E-state index contributed by atoms with van der Waals surface area (Å²) in [6.07, 6.45) is 2.46. The van der Waals surface area contributed by atoms with Crippen LogP contribution in [0.2, 0.25) is 5.02 Å². The van der Waals surface area contributed by atoms with Gasteiger partial charge in [-0.3, -0.25) is 14.9 Å². The van der Waals surface area contributed by atoms with Crippen molar-refractivity contribution in [3.8, 4) is 0 Å². The second-order valence-electron chi connectivity index (χ2n) is 8.53. The molecule has 148 valence electrons. The lowest BCUT2D eigenvalue weighted by Gasteiger charge is -2.34. The Labute approximate surface area is 172 Å². The van der Waals surface area contributed by atoms with Crippen LogP contribution in [0.25, 0.3) is 0 Å². The number of nitrogens with one attached hydrogen (secondary N) is 2. The molecule has 0 radical (unpaired) electrons. The first-order valence-corrected chi connectivity index (χ1v) is 10.5.